The molecule has 0 radical (unpaired) electrons. The average molecular weight is 729 g/mol. The van der Waals surface area contributed by atoms with Crippen molar-refractivity contribution in [2.75, 3.05) is 13.2 Å². The van der Waals surface area contributed by atoms with Gasteiger partial charge >= 0.3 is 11.9 Å². The van der Waals surface area contributed by atoms with Gasteiger partial charge in [0, 0.05) is 12.8 Å². The third-order valence-corrected chi connectivity index (χ3v) is 9.64. The van der Waals surface area contributed by atoms with Crippen LogP contribution in [0, 0.1) is 0 Å². The van der Waals surface area contributed by atoms with Crippen LogP contribution in [0.4, 0.5) is 0 Å². The fourth-order valence-electron chi connectivity index (χ4n) is 6.31. The largest absolute Gasteiger partial charge is 0.462 e. The third-order valence-electron chi connectivity index (χ3n) is 9.64. The summed E-state index contributed by atoms with van der Waals surface area (Å²) in [5.74, 6) is -0.633. The van der Waals surface area contributed by atoms with E-state index < -0.39 is 6.10 Å². The predicted octanol–water partition coefficient (Wildman–Crippen LogP) is 14.2. The molecular weight excluding hydrogens is 645 g/mol. The van der Waals surface area contributed by atoms with Crippen molar-refractivity contribution in [3.8, 4) is 0 Å². The first kappa shape index (κ1) is 49.9. The van der Waals surface area contributed by atoms with Crippen molar-refractivity contribution in [3.63, 3.8) is 0 Å². The van der Waals surface area contributed by atoms with Gasteiger partial charge in [-0.25, -0.2) is 0 Å². The molecule has 0 aliphatic heterocycles. The Bertz CT molecular complexity index is 873. The average Bonchev–Trinajstić information content (AvgIpc) is 3.15. The Labute approximate surface area is 322 Å². The van der Waals surface area contributed by atoms with Crippen LogP contribution in [-0.4, -0.2) is 36.4 Å². The summed E-state index contributed by atoms with van der Waals surface area (Å²) < 4.78 is 10.6. The van der Waals surface area contributed by atoms with Crippen LogP contribution < -0.4 is 0 Å². The second-order valence-electron chi connectivity index (χ2n) is 14.8. The number of ether oxygens (including phenoxy) is 2. The molecule has 0 rings (SSSR count). The SMILES string of the molecule is CC/C=C/C/C=C/C/C=C/C/C=C/CCCCC(=O)OC[C@H](CO)OC(=O)CCCCCCCCCCCCCCCCCCCCCCCCC. The molecule has 0 saturated carbocycles. The Morgan fingerprint density at radius 3 is 1.25 bits per heavy atom. The molecule has 0 amide bonds. The number of hydrogen-bond acceptors (Lipinski definition) is 5. The van der Waals surface area contributed by atoms with Crippen molar-refractivity contribution in [3.05, 3.63) is 48.6 Å². The summed E-state index contributed by atoms with van der Waals surface area (Å²) in [7, 11) is 0. The summed E-state index contributed by atoms with van der Waals surface area (Å²) >= 11 is 0. The molecule has 0 unspecified atom stereocenters. The minimum Gasteiger partial charge on any atom is -0.462 e. The highest BCUT2D eigenvalue weighted by atomic mass is 16.6. The lowest BCUT2D eigenvalue weighted by Gasteiger charge is -2.15. The summed E-state index contributed by atoms with van der Waals surface area (Å²) in [6, 6.07) is 0. The van der Waals surface area contributed by atoms with E-state index in [0.29, 0.717) is 12.8 Å². The molecule has 0 aliphatic rings. The van der Waals surface area contributed by atoms with Crippen LogP contribution in [0.25, 0.3) is 0 Å². The molecule has 302 valence electrons. The number of aliphatic hydroxyl groups is 1. The van der Waals surface area contributed by atoms with Gasteiger partial charge < -0.3 is 14.6 Å². The lowest BCUT2D eigenvalue weighted by Crippen LogP contribution is -2.28. The summed E-state index contributed by atoms with van der Waals surface area (Å²) in [6.07, 6.45) is 54.8. The monoisotopic (exact) mass is 729 g/mol. The van der Waals surface area contributed by atoms with E-state index in [1.54, 1.807) is 0 Å². The number of carbonyl (C=O) groups is 2. The van der Waals surface area contributed by atoms with Crippen molar-refractivity contribution in [1.29, 1.82) is 0 Å². The Kier molecular flexibility index (Phi) is 41.5. The lowest BCUT2D eigenvalue weighted by atomic mass is 10.0. The quantitative estimate of drug-likeness (QED) is 0.0386. The Balaban J connectivity index is 3.52. The summed E-state index contributed by atoms with van der Waals surface area (Å²) in [5.41, 5.74) is 0. The smallest absolute Gasteiger partial charge is 0.306 e. The highest BCUT2D eigenvalue weighted by Crippen LogP contribution is 2.16. The standard InChI is InChI=1S/C47H84O5/c1-3-5-7-9-11-13-15-17-19-20-21-22-23-24-25-26-28-30-32-34-36-38-40-42-47(50)52-45(43-48)44-51-46(49)41-39-37-35-33-31-29-27-18-16-14-12-10-8-6-4-2/h6,8,12,14,18,27,31,33,45,48H,3-5,7,9-11,13,15-17,19-26,28-30,32,34-44H2,1-2H3/b8-6+,14-12+,27-18+,33-31+/t45-/m0/s1. The maximum atomic E-state index is 12.2. The van der Waals surface area contributed by atoms with E-state index in [9.17, 15) is 14.7 Å². The Hall–Kier alpha value is -2.14. The second kappa shape index (κ2) is 43.3. The molecule has 1 atom stereocenters. The molecule has 0 saturated heterocycles. The van der Waals surface area contributed by atoms with Crippen LogP contribution in [0.3, 0.4) is 0 Å². The number of unbranched alkanes of at least 4 members (excludes halogenated alkanes) is 24. The van der Waals surface area contributed by atoms with E-state index in [-0.39, 0.29) is 25.2 Å². The molecule has 5 heteroatoms. The van der Waals surface area contributed by atoms with Crippen LogP contribution in [0.1, 0.15) is 219 Å². The van der Waals surface area contributed by atoms with Gasteiger partial charge in [0.15, 0.2) is 6.10 Å². The molecule has 52 heavy (non-hydrogen) atoms. The maximum absolute atomic E-state index is 12.2. The highest BCUT2D eigenvalue weighted by Gasteiger charge is 2.16. The molecule has 5 nitrogen and oxygen atoms in total. The first-order valence-electron chi connectivity index (χ1n) is 22.2. The number of esters is 2. The molecule has 0 bridgehead atoms. The van der Waals surface area contributed by atoms with Crippen LogP contribution in [0.2, 0.25) is 0 Å². The zero-order valence-corrected chi connectivity index (χ0v) is 34.3. The molecule has 0 heterocycles. The van der Waals surface area contributed by atoms with Gasteiger partial charge in [0.1, 0.15) is 6.61 Å². The van der Waals surface area contributed by atoms with Gasteiger partial charge in [-0.05, 0) is 51.4 Å². The summed E-state index contributed by atoms with van der Waals surface area (Å²) in [5, 5.41) is 9.57. The van der Waals surface area contributed by atoms with E-state index in [4.69, 9.17) is 9.47 Å². The van der Waals surface area contributed by atoms with Gasteiger partial charge in [-0.15, -0.1) is 0 Å². The third kappa shape index (κ3) is 40.6. The topological polar surface area (TPSA) is 72.8 Å². The maximum Gasteiger partial charge on any atom is 0.306 e. The van der Waals surface area contributed by atoms with Gasteiger partial charge in [0.25, 0.3) is 0 Å². The van der Waals surface area contributed by atoms with Gasteiger partial charge in [-0.1, -0.05) is 204 Å². The van der Waals surface area contributed by atoms with Crippen molar-refractivity contribution in [2.24, 2.45) is 0 Å². The molecule has 0 fully saturated rings. The first-order valence-corrected chi connectivity index (χ1v) is 22.2. The van der Waals surface area contributed by atoms with Crippen molar-refractivity contribution in [2.45, 2.75) is 225 Å². The Morgan fingerprint density at radius 2 is 0.827 bits per heavy atom. The van der Waals surface area contributed by atoms with Crippen LogP contribution >= 0.6 is 0 Å². The molecule has 0 spiro atoms. The fourth-order valence-corrected chi connectivity index (χ4v) is 6.31. The molecule has 1 N–H and O–H groups in total. The van der Waals surface area contributed by atoms with E-state index in [1.165, 1.54) is 128 Å². The minimum absolute atomic E-state index is 0.0860. The van der Waals surface area contributed by atoms with E-state index in [0.717, 1.165) is 64.2 Å². The second-order valence-corrected chi connectivity index (χ2v) is 14.8. The van der Waals surface area contributed by atoms with Crippen molar-refractivity contribution in [1.82, 2.24) is 0 Å². The molecule has 0 aromatic carbocycles. The Morgan fingerprint density at radius 1 is 0.462 bits per heavy atom. The zero-order chi connectivity index (χ0) is 37.8. The first-order chi connectivity index (χ1) is 25.6. The van der Waals surface area contributed by atoms with Gasteiger partial charge in [0.05, 0.1) is 6.61 Å². The molecule has 0 aliphatic carbocycles. The summed E-state index contributed by atoms with van der Waals surface area (Å²) in [4.78, 5) is 24.3. The fraction of sp³-hybridized carbons (Fsp3) is 0.787. The number of carbonyl (C=O) groups excluding carboxylic acids is 2. The number of hydrogen-bond donors (Lipinski definition) is 1. The van der Waals surface area contributed by atoms with E-state index in [1.807, 2.05) is 0 Å². The number of rotatable bonds is 40. The predicted molar refractivity (Wildman–Crippen MR) is 224 cm³/mol. The van der Waals surface area contributed by atoms with Crippen LogP contribution in [0.5, 0.6) is 0 Å². The van der Waals surface area contributed by atoms with Gasteiger partial charge in [0.2, 0.25) is 0 Å². The molecule has 0 aromatic rings. The molecule has 0 aromatic heterocycles. The normalized spacial score (nSPS) is 12.6. The van der Waals surface area contributed by atoms with Crippen LogP contribution in [0.15, 0.2) is 48.6 Å². The zero-order valence-electron chi connectivity index (χ0n) is 34.3. The summed E-state index contributed by atoms with van der Waals surface area (Å²) in [6.45, 7) is 4.00. The van der Waals surface area contributed by atoms with E-state index >= 15 is 0 Å². The minimum atomic E-state index is -0.787. The highest BCUT2D eigenvalue weighted by molar-refractivity contribution is 5.70. The van der Waals surface area contributed by atoms with Gasteiger partial charge in [-0.2, -0.15) is 0 Å². The number of allylic oxidation sites excluding steroid dienone is 8. The van der Waals surface area contributed by atoms with Crippen molar-refractivity contribution < 1.29 is 24.2 Å². The van der Waals surface area contributed by atoms with E-state index in [2.05, 4.69) is 62.5 Å². The van der Waals surface area contributed by atoms with Crippen molar-refractivity contribution >= 4 is 11.9 Å². The van der Waals surface area contributed by atoms with Crippen LogP contribution in [-0.2, 0) is 19.1 Å². The lowest BCUT2D eigenvalue weighted by molar-refractivity contribution is -0.161. The number of aliphatic hydroxyl groups excluding tert-OH is 1. The molecular formula is C47H84O5. The van der Waals surface area contributed by atoms with Gasteiger partial charge in [-0.3, -0.25) is 9.59 Å².